The minimum atomic E-state index is -1.01. The van der Waals surface area contributed by atoms with E-state index < -0.39 is 23.4 Å². The summed E-state index contributed by atoms with van der Waals surface area (Å²) in [6.45, 7) is 4.60. The van der Waals surface area contributed by atoms with Crippen molar-refractivity contribution in [1.29, 1.82) is 0 Å². The van der Waals surface area contributed by atoms with E-state index in [-0.39, 0.29) is 35.8 Å². The maximum absolute atomic E-state index is 13.0. The van der Waals surface area contributed by atoms with E-state index >= 15 is 0 Å². The molecule has 1 unspecified atom stereocenters. The number of nitrogens with zero attached hydrogens (tertiary/aromatic N) is 3. The van der Waals surface area contributed by atoms with Crippen LogP contribution >= 0.6 is 0 Å². The van der Waals surface area contributed by atoms with Gasteiger partial charge in [-0.15, -0.1) is 0 Å². The first-order valence-corrected chi connectivity index (χ1v) is 11.5. The van der Waals surface area contributed by atoms with E-state index in [9.17, 15) is 24.0 Å². The van der Waals surface area contributed by atoms with Gasteiger partial charge >= 0.3 is 0 Å². The molecule has 0 saturated carbocycles. The molecule has 3 N–H and O–H groups in total. The SMILES string of the molecule is CNC(=O)CCC(C=O)N1C(=O)c2ccc(N3CC(C#CC(C=NC(C)(C)C=O)=CN)C3)cc2C1=O. The fourth-order valence-electron chi connectivity index (χ4n) is 3.76. The lowest BCUT2D eigenvalue weighted by molar-refractivity contribution is -0.121. The number of nitrogens with two attached hydrogens (primary N) is 1. The molecule has 0 spiro atoms. The molecular formula is C26H29N5O5. The average molecular weight is 492 g/mol. The number of carbonyl (C=O) groups is 5. The number of aldehydes is 2. The third kappa shape index (κ3) is 5.68. The van der Waals surface area contributed by atoms with Crippen LogP contribution in [0.2, 0.25) is 0 Å². The van der Waals surface area contributed by atoms with Gasteiger partial charge in [0.1, 0.15) is 18.1 Å². The predicted octanol–water partition coefficient (Wildman–Crippen LogP) is 0.707. The van der Waals surface area contributed by atoms with Gasteiger partial charge in [0.15, 0.2) is 0 Å². The fourth-order valence-corrected chi connectivity index (χ4v) is 3.76. The van der Waals surface area contributed by atoms with Crippen LogP contribution in [0.4, 0.5) is 5.69 Å². The van der Waals surface area contributed by atoms with Crippen molar-refractivity contribution in [2.24, 2.45) is 16.6 Å². The lowest BCUT2D eigenvalue weighted by atomic mass is 9.98. The van der Waals surface area contributed by atoms with Gasteiger partial charge in [-0.3, -0.25) is 24.3 Å². The summed E-state index contributed by atoms with van der Waals surface area (Å²) >= 11 is 0. The standard InChI is InChI=1S/C26H29N5O5/c1-26(2,16-33)29-12-17(11-27)4-5-18-13-30(14-18)19-6-8-21-22(10-19)25(36)31(24(21)35)20(15-32)7-9-23(34)28-3/h6,8,10-12,15-16,18,20H,7,9,13-14,27H2,1-3H3,(H,28,34). The van der Waals surface area contributed by atoms with Crippen molar-refractivity contribution in [2.45, 2.75) is 38.3 Å². The molecule has 1 aromatic carbocycles. The third-order valence-electron chi connectivity index (χ3n) is 6.01. The number of anilines is 1. The molecule has 36 heavy (non-hydrogen) atoms. The van der Waals surface area contributed by atoms with E-state index in [0.29, 0.717) is 24.9 Å². The van der Waals surface area contributed by atoms with E-state index in [2.05, 4.69) is 22.2 Å². The lowest BCUT2D eigenvalue weighted by Crippen LogP contribution is -2.46. The van der Waals surface area contributed by atoms with Crippen LogP contribution < -0.4 is 16.0 Å². The summed E-state index contributed by atoms with van der Waals surface area (Å²) in [7, 11) is 1.48. The average Bonchev–Trinajstić information content (AvgIpc) is 3.09. The molecular weight excluding hydrogens is 462 g/mol. The van der Waals surface area contributed by atoms with Crippen LogP contribution in [0.5, 0.6) is 0 Å². The highest BCUT2D eigenvalue weighted by Crippen LogP contribution is 2.32. The Hall–Kier alpha value is -4.26. The Kier molecular flexibility index (Phi) is 8.04. The predicted molar refractivity (Wildman–Crippen MR) is 134 cm³/mol. The van der Waals surface area contributed by atoms with Crippen molar-refractivity contribution in [3.05, 3.63) is 41.1 Å². The first-order valence-electron chi connectivity index (χ1n) is 11.5. The zero-order chi connectivity index (χ0) is 26.5. The van der Waals surface area contributed by atoms with Gasteiger partial charge in [-0.1, -0.05) is 11.8 Å². The number of imide groups is 1. The molecule has 10 nitrogen and oxygen atoms in total. The number of hydrogen-bond acceptors (Lipinski definition) is 8. The highest BCUT2D eigenvalue weighted by atomic mass is 16.2. The molecule has 1 fully saturated rings. The molecule has 1 aromatic rings. The van der Waals surface area contributed by atoms with Crippen LogP contribution in [0.15, 0.2) is 35.0 Å². The van der Waals surface area contributed by atoms with Crippen LogP contribution in [0, 0.1) is 17.8 Å². The number of hydrogen-bond donors (Lipinski definition) is 2. The topological polar surface area (TPSA) is 142 Å². The van der Waals surface area contributed by atoms with Crippen molar-refractivity contribution >= 4 is 42.2 Å². The number of aliphatic imine (C=N–C) groups is 1. The summed E-state index contributed by atoms with van der Waals surface area (Å²) in [5.41, 5.74) is 6.51. The second-order valence-electron chi connectivity index (χ2n) is 9.15. The summed E-state index contributed by atoms with van der Waals surface area (Å²) in [4.78, 5) is 67.1. The highest BCUT2D eigenvalue weighted by molar-refractivity contribution is 6.22. The smallest absolute Gasteiger partial charge is 0.262 e. The van der Waals surface area contributed by atoms with Gasteiger partial charge in [-0.2, -0.15) is 0 Å². The van der Waals surface area contributed by atoms with Gasteiger partial charge in [0.25, 0.3) is 11.8 Å². The quantitative estimate of drug-likeness (QED) is 0.224. The minimum Gasteiger partial charge on any atom is -0.404 e. The van der Waals surface area contributed by atoms with E-state index in [1.165, 1.54) is 19.5 Å². The Balaban J connectivity index is 1.66. The van der Waals surface area contributed by atoms with Gasteiger partial charge in [0.2, 0.25) is 5.91 Å². The fraction of sp³-hybridized carbons (Fsp3) is 0.385. The van der Waals surface area contributed by atoms with Gasteiger partial charge < -0.3 is 25.5 Å². The maximum atomic E-state index is 13.0. The van der Waals surface area contributed by atoms with Crippen LogP contribution in [0.25, 0.3) is 0 Å². The molecule has 1 atom stereocenters. The molecule has 2 heterocycles. The van der Waals surface area contributed by atoms with Crippen molar-refractivity contribution in [2.75, 3.05) is 25.0 Å². The van der Waals surface area contributed by atoms with Crippen molar-refractivity contribution in [1.82, 2.24) is 10.2 Å². The van der Waals surface area contributed by atoms with Gasteiger partial charge in [-0.25, -0.2) is 0 Å². The Bertz CT molecular complexity index is 1200. The van der Waals surface area contributed by atoms with E-state index in [0.717, 1.165) is 16.9 Å². The van der Waals surface area contributed by atoms with Crippen molar-refractivity contribution in [3.8, 4) is 11.8 Å². The van der Waals surface area contributed by atoms with Crippen LogP contribution in [-0.2, 0) is 14.4 Å². The first-order chi connectivity index (χ1) is 17.1. The molecule has 10 heteroatoms. The number of benzene rings is 1. The summed E-state index contributed by atoms with van der Waals surface area (Å²) in [5, 5.41) is 2.46. The Labute approximate surface area is 209 Å². The molecule has 2 aliphatic heterocycles. The van der Waals surface area contributed by atoms with E-state index in [1.807, 2.05) is 4.90 Å². The van der Waals surface area contributed by atoms with Crippen molar-refractivity contribution in [3.63, 3.8) is 0 Å². The number of allylic oxidation sites excluding steroid dienone is 1. The van der Waals surface area contributed by atoms with Gasteiger partial charge in [0, 0.05) is 44.7 Å². The molecule has 0 aromatic heterocycles. The van der Waals surface area contributed by atoms with Crippen LogP contribution in [0.3, 0.4) is 0 Å². The van der Waals surface area contributed by atoms with Crippen molar-refractivity contribution < 1.29 is 24.0 Å². The van der Waals surface area contributed by atoms with E-state index in [1.54, 1.807) is 32.0 Å². The maximum Gasteiger partial charge on any atom is 0.262 e. The number of nitrogens with one attached hydrogen (secondary N) is 1. The monoisotopic (exact) mass is 491 g/mol. The molecule has 3 rings (SSSR count). The summed E-state index contributed by atoms with van der Waals surface area (Å²) in [5.74, 6) is 4.81. The van der Waals surface area contributed by atoms with Gasteiger partial charge in [0.05, 0.1) is 28.7 Å². The van der Waals surface area contributed by atoms with Crippen LogP contribution in [-0.4, -0.2) is 73.1 Å². The van der Waals surface area contributed by atoms with Crippen LogP contribution in [0.1, 0.15) is 47.4 Å². The Morgan fingerprint density at radius 1 is 1.25 bits per heavy atom. The molecule has 2 aliphatic rings. The Morgan fingerprint density at radius 2 is 1.94 bits per heavy atom. The van der Waals surface area contributed by atoms with E-state index in [4.69, 9.17) is 5.73 Å². The number of fused-ring (bicyclic) bond motifs is 1. The molecule has 0 aliphatic carbocycles. The third-order valence-corrected chi connectivity index (χ3v) is 6.01. The zero-order valence-corrected chi connectivity index (χ0v) is 20.5. The molecule has 3 amide bonds. The molecule has 1 saturated heterocycles. The lowest BCUT2D eigenvalue weighted by Gasteiger charge is -2.38. The zero-order valence-electron chi connectivity index (χ0n) is 20.5. The summed E-state index contributed by atoms with van der Waals surface area (Å²) in [6.07, 6.45) is 4.17. The highest BCUT2D eigenvalue weighted by Gasteiger charge is 2.40. The second-order valence-corrected chi connectivity index (χ2v) is 9.15. The molecule has 0 bridgehead atoms. The number of carbonyl (C=O) groups excluding carboxylic acids is 5. The normalized spacial score (nSPS) is 16.8. The van der Waals surface area contributed by atoms with Gasteiger partial charge in [-0.05, 0) is 38.5 Å². The molecule has 0 radical (unpaired) electrons. The largest absolute Gasteiger partial charge is 0.404 e. The Morgan fingerprint density at radius 3 is 2.56 bits per heavy atom. The summed E-state index contributed by atoms with van der Waals surface area (Å²) < 4.78 is 0. The number of amides is 3. The molecule has 188 valence electrons. The summed E-state index contributed by atoms with van der Waals surface area (Å²) in [6, 6.07) is 3.99. The second kappa shape index (κ2) is 11.0. The first kappa shape index (κ1) is 26.3. The minimum absolute atomic E-state index is 0.0243. The number of rotatable bonds is 9.